The van der Waals surface area contributed by atoms with Crippen LogP contribution in [0.2, 0.25) is 0 Å². The molecule has 0 atom stereocenters. The second kappa shape index (κ2) is 8.08. The molecule has 0 unspecified atom stereocenters. The quantitative estimate of drug-likeness (QED) is 0.411. The van der Waals surface area contributed by atoms with Gasteiger partial charge in [0.15, 0.2) is 23.7 Å². The molecule has 0 aliphatic carbocycles. The van der Waals surface area contributed by atoms with Crippen LogP contribution >= 0.6 is 0 Å². The molecule has 0 aliphatic rings. The van der Waals surface area contributed by atoms with Gasteiger partial charge in [-0.2, -0.15) is 0 Å². The monoisotopic (exact) mass is 459 g/mol. The Morgan fingerprint density at radius 3 is 2.12 bits per heavy atom. The van der Waals surface area contributed by atoms with Crippen LogP contribution in [-0.2, 0) is 10.0 Å². The molecule has 10 nitrogen and oxygen atoms in total. The van der Waals surface area contributed by atoms with Gasteiger partial charge < -0.3 is 23.4 Å². The van der Waals surface area contributed by atoms with Gasteiger partial charge in [-0.1, -0.05) is 0 Å². The Morgan fingerprint density at radius 1 is 0.906 bits per heavy atom. The number of ether oxygens (including phenoxy) is 4. The van der Waals surface area contributed by atoms with E-state index in [1.54, 1.807) is 24.3 Å². The van der Waals surface area contributed by atoms with Crippen LogP contribution in [-0.4, -0.2) is 57.1 Å². The van der Waals surface area contributed by atoms with E-state index in [9.17, 15) is 8.42 Å². The van der Waals surface area contributed by atoms with Gasteiger partial charge in [-0.25, -0.2) is 22.4 Å². The van der Waals surface area contributed by atoms with Gasteiger partial charge in [0.2, 0.25) is 15.8 Å². The van der Waals surface area contributed by atoms with Crippen LogP contribution < -0.4 is 18.9 Å². The van der Waals surface area contributed by atoms with Crippen molar-refractivity contribution >= 4 is 21.1 Å². The summed E-state index contributed by atoms with van der Waals surface area (Å²) >= 11 is 0. The van der Waals surface area contributed by atoms with Crippen molar-refractivity contribution in [2.24, 2.45) is 0 Å². The van der Waals surface area contributed by atoms with Crippen LogP contribution in [0, 0.1) is 0 Å². The summed E-state index contributed by atoms with van der Waals surface area (Å²) in [7, 11) is 2.42. The van der Waals surface area contributed by atoms with Crippen molar-refractivity contribution in [2.75, 3.05) is 34.7 Å². The molecule has 168 valence electrons. The van der Waals surface area contributed by atoms with E-state index in [0.717, 1.165) is 10.2 Å². The van der Waals surface area contributed by atoms with Crippen LogP contribution in [0.3, 0.4) is 0 Å². The van der Waals surface area contributed by atoms with Crippen molar-refractivity contribution in [3.8, 4) is 45.6 Å². The number of imidazole rings is 1. The van der Waals surface area contributed by atoms with Gasteiger partial charge in [0.05, 0.1) is 34.7 Å². The lowest BCUT2D eigenvalue weighted by Gasteiger charge is -2.14. The van der Waals surface area contributed by atoms with Crippen molar-refractivity contribution < 1.29 is 31.8 Å². The number of aromatic nitrogens is 3. The molecule has 0 N–H and O–H groups in total. The van der Waals surface area contributed by atoms with E-state index in [1.807, 2.05) is 0 Å². The molecule has 32 heavy (non-hydrogen) atoms. The maximum absolute atomic E-state index is 12.3. The normalized spacial score (nSPS) is 11.5. The summed E-state index contributed by atoms with van der Waals surface area (Å²) < 4.78 is 52.9. The number of benzene rings is 2. The highest BCUT2D eigenvalue weighted by Gasteiger charge is 2.24. The molecule has 2 aromatic heterocycles. The Hall–Kier alpha value is -3.73. The second-order valence-electron chi connectivity index (χ2n) is 6.76. The molecule has 0 fully saturated rings. The van der Waals surface area contributed by atoms with Gasteiger partial charge in [-0.3, -0.25) is 0 Å². The second-order valence-corrected chi connectivity index (χ2v) is 8.62. The number of oxazole rings is 1. The summed E-state index contributed by atoms with van der Waals surface area (Å²) in [5, 5.41) is 0. The Bertz CT molecular complexity index is 1380. The van der Waals surface area contributed by atoms with Crippen molar-refractivity contribution in [1.82, 2.24) is 13.9 Å². The van der Waals surface area contributed by atoms with Gasteiger partial charge in [0.25, 0.3) is 0 Å². The summed E-state index contributed by atoms with van der Waals surface area (Å²) in [5.74, 6) is 2.11. The van der Waals surface area contributed by atoms with Crippen molar-refractivity contribution in [1.29, 1.82) is 0 Å². The third kappa shape index (κ3) is 3.40. The molecule has 0 aliphatic heterocycles. The zero-order chi connectivity index (χ0) is 23.0. The molecule has 11 heteroatoms. The fourth-order valence-corrected chi connectivity index (χ4v) is 4.26. The number of hydrogen-bond acceptors (Lipinski definition) is 9. The fourth-order valence-electron chi connectivity index (χ4n) is 3.53. The van der Waals surface area contributed by atoms with E-state index in [4.69, 9.17) is 23.4 Å². The zero-order valence-corrected chi connectivity index (χ0v) is 18.9. The van der Waals surface area contributed by atoms with E-state index >= 15 is 0 Å². The lowest BCUT2D eigenvalue weighted by molar-refractivity contribution is 0.324. The molecule has 0 radical (unpaired) electrons. The van der Waals surface area contributed by atoms with Crippen molar-refractivity contribution in [3.05, 3.63) is 37.0 Å². The van der Waals surface area contributed by atoms with Crippen LogP contribution in [0.25, 0.3) is 33.6 Å². The van der Waals surface area contributed by atoms with Gasteiger partial charge in [0.1, 0.15) is 28.8 Å². The van der Waals surface area contributed by atoms with Crippen LogP contribution in [0.4, 0.5) is 0 Å². The van der Waals surface area contributed by atoms with E-state index in [1.165, 1.54) is 41.2 Å². The minimum absolute atomic E-state index is 0.305. The van der Waals surface area contributed by atoms with Crippen LogP contribution in [0.5, 0.6) is 23.0 Å². The third-order valence-corrected chi connectivity index (χ3v) is 5.95. The molecule has 0 saturated carbocycles. The molecule has 0 spiro atoms. The minimum Gasteiger partial charge on any atom is -0.494 e. The molecule has 0 saturated heterocycles. The Morgan fingerprint density at radius 2 is 1.56 bits per heavy atom. The lowest BCUT2D eigenvalue weighted by atomic mass is 10.0. The summed E-state index contributed by atoms with van der Waals surface area (Å²) in [6, 6.07) is 6.89. The molecule has 0 bridgehead atoms. The molecule has 4 aromatic rings. The van der Waals surface area contributed by atoms with Crippen LogP contribution in [0.1, 0.15) is 0 Å². The highest BCUT2D eigenvalue weighted by Crippen LogP contribution is 2.44. The van der Waals surface area contributed by atoms with E-state index in [-0.39, 0.29) is 0 Å². The highest BCUT2D eigenvalue weighted by molar-refractivity contribution is 7.89. The molecule has 2 aromatic carbocycles. The Labute approximate surface area is 184 Å². The van der Waals surface area contributed by atoms with Gasteiger partial charge in [-0.05, 0) is 24.3 Å². The lowest BCUT2D eigenvalue weighted by Crippen LogP contribution is -2.09. The largest absolute Gasteiger partial charge is 0.494 e. The first kappa shape index (κ1) is 21.5. The first-order chi connectivity index (χ1) is 15.3. The standard InChI is InChI=1S/C21H21N3O7S/c1-27-14-7-6-13(18-19(14)24(10-22-18)32(5,25)26)20-17(23-11-31-20)12-8-15(28-2)21(30-4)16(9-12)29-3/h6-11H,1-5H3. The van der Waals surface area contributed by atoms with Gasteiger partial charge in [0, 0.05) is 11.1 Å². The number of methoxy groups -OCH3 is 4. The van der Waals surface area contributed by atoms with E-state index in [0.29, 0.717) is 56.6 Å². The van der Waals surface area contributed by atoms with E-state index < -0.39 is 10.0 Å². The summed E-state index contributed by atoms with van der Waals surface area (Å²) in [5.41, 5.74) is 2.38. The number of hydrogen-bond donors (Lipinski definition) is 0. The maximum Gasteiger partial charge on any atom is 0.237 e. The third-order valence-electron chi connectivity index (χ3n) is 4.95. The molecule has 2 heterocycles. The molecule has 4 rings (SSSR count). The van der Waals surface area contributed by atoms with Crippen molar-refractivity contribution in [2.45, 2.75) is 0 Å². The first-order valence-corrected chi connectivity index (χ1v) is 11.2. The molecular formula is C21H21N3O7S. The first-order valence-electron chi connectivity index (χ1n) is 9.32. The maximum atomic E-state index is 12.3. The number of rotatable bonds is 7. The average molecular weight is 459 g/mol. The average Bonchev–Trinajstić information content (AvgIpc) is 3.45. The number of fused-ring (bicyclic) bond motifs is 1. The zero-order valence-electron chi connectivity index (χ0n) is 18.1. The molecular weight excluding hydrogens is 438 g/mol. The van der Waals surface area contributed by atoms with Crippen molar-refractivity contribution in [3.63, 3.8) is 0 Å². The highest BCUT2D eigenvalue weighted by atomic mass is 32.2. The van der Waals surface area contributed by atoms with Gasteiger partial charge >= 0.3 is 0 Å². The minimum atomic E-state index is -3.61. The molecule has 0 amide bonds. The fraction of sp³-hybridized carbons (Fsp3) is 0.238. The summed E-state index contributed by atoms with van der Waals surface area (Å²) in [6.45, 7) is 0. The van der Waals surface area contributed by atoms with E-state index in [2.05, 4.69) is 9.97 Å². The predicted molar refractivity (Wildman–Crippen MR) is 117 cm³/mol. The predicted octanol–water partition coefficient (Wildman–Crippen LogP) is 3.20. The summed E-state index contributed by atoms with van der Waals surface area (Å²) in [4.78, 5) is 8.70. The number of nitrogens with zero attached hydrogens (tertiary/aromatic N) is 3. The Kier molecular flexibility index (Phi) is 5.43. The van der Waals surface area contributed by atoms with Crippen LogP contribution in [0.15, 0.2) is 41.4 Å². The van der Waals surface area contributed by atoms with Gasteiger partial charge in [-0.15, -0.1) is 0 Å². The SMILES string of the molecule is COc1cc(-c2ncoc2-c2ccc(OC)c3c2ncn3S(C)(=O)=O)cc(OC)c1OC. The summed E-state index contributed by atoms with van der Waals surface area (Å²) in [6.07, 6.45) is 3.63. The topological polar surface area (TPSA) is 115 Å². The smallest absolute Gasteiger partial charge is 0.237 e. The Balaban J connectivity index is 1.97.